The van der Waals surface area contributed by atoms with Crippen molar-refractivity contribution in [3.8, 4) is 5.75 Å². The Bertz CT molecular complexity index is 771. The van der Waals surface area contributed by atoms with Gasteiger partial charge in [-0.2, -0.15) is 0 Å². The number of methoxy groups -OCH3 is 1. The summed E-state index contributed by atoms with van der Waals surface area (Å²) >= 11 is 12.0. The van der Waals surface area contributed by atoms with Crippen LogP contribution in [0.5, 0.6) is 5.75 Å². The minimum Gasteiger partial charge on any atom is -0.496 e. The molecule has 2 atom stereocenters. The maximum atomic E-state index is 12.7. The molecule has 0 aromatic heterocycles. The number of hydrogen-bond acceptors (Lipinski definition) is 2. The molecule has 1 aliphatic carbocycles. The Morgan fingerprint density at radius 1 is 1.08 bits per heavy atom. The molecule has 2 aromatic carbocycles. The van der Waals surface area contributed by atoms with Gasteiger partial charge in [0.25, 0.3) is 5.91 Å². The molecule has 1 amide bonds. The minimum atomic E-state index is -0.177. The van der Waals surface area contributed by atoms with E-state index in [-0.39, 0.29) is 23.3 Å². The summed E-state index contributed by atoms with van der Waals surface area (Å²) in [7, 11) is 1.54. The molecule has 0 heterocycles. The molecule has 5 heteroatoms. The van der Waals surface area contributed by atoms with Crippen molar-refractivity contribution >= 4 is 29.1 Å². The average Bonchev–Trinajstić information content (AvgIpc) is 3.08. The fourth-order valence-electron chi connectivity index (χ4n) is 3.28. The van der Waals surface area contributed by atoms with Gasteiger partial charge in [-0.05, 0) is 41.3 Å². The topological polar surface area (TPSA) is 38.3 Å². The van der Waals surface area contributed by atoms with Crippen molar-refractivity contribution < 1.29 is 9.53 Å². The number of halogens is 2. The van der Waals surface area contributed by atoms with Crippen molar-refractivity contribution in [1.29, 1.82) is 0 Å². The molecule has 1 N–H and O–H groups in total. The molecule has 0 spiro atoms. The van der Waals surface area contributed by atoms with E-state index in [0.29, 0.717) is 21.4 Å². The van der Waals surface area contributed by atoms with Gasteiger partial charge in [0.2, 0.25) is 0 Å². The van der Waals surface area contributed by atoms with E-state index in [1.165, 1.54) is 12.7 Å². The summed E-state index contributed by atoms with van der Waals surface area (Å²) in [6.07, 6.45) is 0. The van der Waals surface area contributed by atoms with Crippen molar-refractivity contribution in [1.82, 2.24) is 5.32 Å². The van der Waals surface area contributed by atoms with Crippen LogP contribution in [0.25, 0.3) is 0 Å². The fourth-order valence-corrected chi connectivity index (χ4v) is 3.57. The van der Waals surface area contributed by atoms with E-state index in [0.717, 1.165) is 0 Å². The number of amides is 1. The Morgan fingerprint density at radius 2 is 1.71 bits per heavy atom. The van der Waals surface area contributed by atoms with Gasteiger partial charge in [0, 0.05) is 22.0 Å². The predicted molar refractivity (Wildman–Crippen MR) is 97.2 cm³/mol. The lowest BCUT2D eigenvalue weighted by atomic mass is 10.0. The first-order chi connectivity index (χ1) is 11.3. The van der Waals surface area contributed by atoms with E-state index in [4.69, 9.17) is 27.9 Å². The lowest BCUT2D eigenvalue weighted by Gasteiger charge is -2.10. The molecule has 24 heavy (non-hydrogen) atoms. The zero-order valence-electron chi connectivity index (χ0n) is 13.8. The van der Waals surface area contributed by atoms with Crippen LogP contribution >= 0.6 is 23.2 Å². The number of benzene rings is 2. The van der Waals surface area contributed by atoms with Crippen LogP contribution in [-0.2, 0) is 0 Å². The van der Waals surface area contributed by atoms with Gasteiger partial charge in [-0.1, -0.05) is 49.2 Å². The van der Waals surface area contributed by atoms with Crippen molar-refractivity contribution in [3.63, 3.8) is 0 Å². The molecule has 0 saturated heterocycles. The van der Waals surface area contributed by atoms with Crippen molar-refractivity contribution in [2.45, 2.75) is 25.8 Å². The number of ether oxygens (including phenoxy) is 1. The van der Waals surface area contributed by atoms with E-state index in [1.807, 2.05) is 24.3 Å². The third-order valence-electron chi connectivity index (χ3n) is 4.75. The second-order valence-corrected chi connectivity index (χ2v) is 7.52. The van der Waals surface area contributed by atoms with Crippen LogP contribution < -0.4 is 10.1 Å². The Balaban J connectivity index is 1.80. The summed E-state index contributed by atoms with van der Waals surface area (Å²) in [5.74, 6) is 0.589. The zero-order chi connectivity index (χ0) is 17.5. The van der Waals surface area contributed by atoms with Crippen LogP contribution in [0.1, 0.15) is 35.7 Å². The Labute approximate surface area is 151 Å². The molecule has 1 aliphatic rings. The monoisotopic (exact) mass is 363 g/mol. The van der Waals surface area contributed by atoms with Gasteiger partial charge in [-0.25, -0.2) is 0 Å². The first kappa shape index (κ1) is 17.1. The van der Waals surface area contributed by atoms with Crippen LogP contribution in [0, 0.1) is 5.41 Å². The van der Waals surface area contributed by atoms with Crippen molar-refractivity contribution in [2.75, 3.05) is 7.11 Å². The first-order valence-corrected chi connectivity index (χ1v) is 8.50. The second kappa shape index (κ2) is 6.30. The predicted octanol–water partition coefficient (Wildman–Crippen LogP) is 4.92. The van der Waals surface area contributed by atoms with Gasteiger partial charge in [0.1, 0.15) is 5.75 Å². The van der Waals surface area contributed by atoms with E-state index in [1.54, 1.807) is 18.2 Å². The van der Waals surface area contributed by atoms with Gasteiger partial charge in [0.05, 0.1) is 12.7 Å². The summed E-state index contributed by atoms with van der Waals surface area (Å²) < 4.78 is 5.27. The molecular weight excluding hydrogens is 345 g/mol. The summed E-state index contributed by atoms with van der Waals surface area (Å²) in [5, 5.41) is 4.33. The average molecular weight is 364 g/mol. The maximum Gasteiger partial charge on any atom is 0.255 e. The third-order valence-corrected chi connectivity index (χ3v) is 5.24. The lowest BCUT2D eigenvalue weighted by Crippen LogP contribution is -2.29. The van der Waals surface area contributed by atoms with Crippen molar-refractivity contribution in [3.05, 3.63) is 63.6 Å². The quantitative estimate of drug-likeness (QED) is 0.836. The van der Waals surface area contributed by atoms with Gasteiger partial charge < -0.3 is 10.1 Å². The van der Waals surface area contributed by atoms with Crippen LogP contribution in [0.3, 0.4) is 0 Å². The SMILES string of the molecule is COc1ccc(Cl)cc1C(=O)N[C@H]1[C@H](c2ccc(Cl)cc2)C1(C)C. The van der Waals surface area contributed by atoms with Crippen LogP contribution in [0.2, 0.25) is 10.0 Å². The van der Waals surface area contributed by atoms with Crippen molar-refractivity contribution in [2.24, 2.45) is 5.41 Å². The van der Waals surface area contributed by atoms with Crippen LogP contribution in [-0.4, -0.2) is 19.1 Å². The van der Waals surface area contributed by atoms with Gasteiger partial charge in [-0.3, -0.25) is 4.79 Å². The Kier molecular flexibility index (Phi) is 4.50. The fraction of sp³-hybridized carbons (Fsp3) is 0.316. The number of rotatable bonds is 4. The molecule has 0 unspecified atom stereocenters. The summed E-state index contributed by atoms with van der Waals surface area (Å²) in [5.41, 5.74) is 1.60. The normalized spacial score (nSPS) is 21.2. The highest BCUT2D eigenvalue weighted by molar-refractivity contribution is 6.31. The molecule has 3 nitrogen and oxygen atoms in total. The van der Waals surface area contributed by atoms with Crippen LogP contribution in [0.15, 0.2) is 42.5 Å². The molecule has 2 aromatic rings. The first-order valence-electron chi connectivity index (χ1n) is 7.74. The van der Waals surface area contributed by atoms with E-state index < -0.39 is 0 Å². The molecular formula is C19H19Cl2NO2. The van der Waals surface area contributed by atoms with E-state index in [9.17, 15) is 4.79 Å². The number of nitrogens with one attached hydrogen (secondary N) is 1. The standard InChI is InChI=1S/C19H19Cl2NO2/c1-19(2)16(11-4-6-12(20)7-5-11)17(19)22-18(23)14-10-13(21)8-9-15(14)24-3/h4-10,16-17H,1-3H3,(H,22,23)/t16-,17-/m0/s1. The number of carbonyl (C=O) groups excluding carboxylic acids is 1. The molecule has 0 bridgehead atoms. The highest BCUT2D eigenvalue weighted by Gasteiger charge is 2.59. The highest BCUT2D eigenvalue weighted by Crippen LogP contribution is 2.58. The third kappa shape index (κ3) is 3.11. The summed E-state index contributed by atoms with van der Waals surface area (Å²) in [4.78, 5) is 12.7. The molecule has 0 aliphatic heterocycles. The van der Waals surface area contributed by atoms with Gasteiger partial charge >= 0.3 is 0 Å². The van der Waals surface area contributed by atoms with Gasteiger partial charge in [-0.15, -0.1) is 0 Å². The molecule has 1 fully saturated rings. The minimum absolute atomic E-state index is 0.0186. The lowest BCUT2D eigenvalue weighted by molar-refractivity contribution is 0.0943. The van der Waals surface area contributed by atoms with E-state index >= 15 is 0 Å². The summed E-state index contributed by atoms with van der Waals surface area (Å²) in [6, 6.07) is 12.9. The zero-order valence-corrected chi connectivity index (χ0v) is 15.3. The number of hydrogen-bond donors (Lipinski definition) is 1. The largest absolute Gasteiger partial charge is 0.496 e. The second-order valence-electron chi connectivity index (χ2n) is 6.65. The maximum absolute atomic E-state index is 12.7. The molecule has 126 valence electrons. The van der Waals surface area contributed by atoms with Gasteiger partial charge in [0.15, 0.2) is 0 Å². The molecule has 0 radical (unpaired) electrons. The van der Waals surface area contributed by atoms with Crippen LogP contribution in [0.4, 0.5) is 0 Å². The Hall–Kier alpha value is -1.71. The van der Waals surface area contributed by atoms with E-state index in [2.05, 4.69) is 19.2 Å². The summed E-state index contributed by atoms with van der Waals surface area (Å²) in [6.45, 7) is 4.29. The molecule has 3 rings (SSSR count). The smallest absolute Gasteiger partial charge is 0.255 e. The highest BCUT2D eigenvalue weighted by atomic mass is 35.5. The molecule has 1 saturated carbocycles. The Morgan fingerprint density at radius 3 is 2.33 bits per heavy atom. The number of carbonyl (C=O) groups is 1.